The molecule has 0 bridgehead atoms. The summed E-state index contributed by atoms with van der Waals surface area (Å²) in [7, 11) is 0. The lowest BCUT2D eigenvalue weighted by molar-refractivity contribution is -0.111. The van der Waals surface area contributed by atoms with Crippen LogP contribution in [-0.4, -0.2) is 39.4 Å². The molecule has 1 aliphatic heterocycles. The molecule has 0 atom stereocenters. The van der Waals surface area contributed by atoms with Gasteiger partial charge in [0.2, 0.25) is 5.91 Å². The third kappa shape index (κ3) is 5.33. The predicted octanol–water partition coefficient (Wildman–Crippen LogP) is 3.42. The van der Waals surface area contributed by atoms with Crippen molar-refractivity contribution in [3.8, 4) is 0 Å². The van der Waals surface area contributed by atoms with Crippen LogP contribution < -0.4 is 10.8 Å². The second-order valence-electron chi connectivity index (χ2n) is 7.62. The Labute approximate surface area is 194 Å². The van der Waals surface area contributed by atoms with Gasteiger partial charge in [-0.15, -0.1) is 11.3 Å². The minimum atomic E-state index is -0.654. The van der Waals surface area contributed by atoms with Crippen molar-refractivity contribution in [2.75, 3.05) is 11.9 Å². The maximum absolute atomic E-state index is 12.9. The maximum Gasteiger partial charge on any atom is 0.303 e. The lowest BCUT2D eigenvalue weighted by atomic mass is 10.1. The molecule has 0 unspecified atom stereocenters. The summed E-state index contributed by atoms with van der Waals surface area (Å²) in [6.07, 6.45) is 3.76. The number of carbonyl (C=O) groups is 3. The minimum absolute atomic E-state index is 0.139. The Morgan fingerprint density at radius 3 is 2.67 bits per heavy atom. The van der Waals surface area contributed by atoms with Crippen LogP contribution in [0.15, 0.2) is 54.6 Å². The van der Waals surface area contributed by atoms with E-state index in [0.717, 1.165) is 21.7 Å². The molecular weight excluding hydrogens is 440 g/mol. The van der Waals surface area contributed by atoms with Gasteiger partial charge in [0.1, 0.15) is 0 Å². The zero-order valence-electron chi connectivity index (χ0n) is 17.9. The monoisotopic (exact) mass is 462 g/mol. The van der Waals surface area contributed by atoms with Crippen LogP contribution >= 0.6 is 11.3 Å². The highest BCUT2D eigenvalue weighted by atomic mass is 32.1. The Bertz CT molecular complexity index is 1230. The molecule has 1 aliphatic rings. The fraction of sp³-hybridized carbons (Fsp3) is 0.167. The van der Waals surface area contributed by atoms with Gasteiger partial charge in [-0.2, -0.15) is 0 Å². The number of hydrogen-bond donors (Lipinski definition) is 3. The molecule has 0 saturated heterocycles. The zero-order chi connectivity index (χ0) is 23.4. The summed E-state index contributed by atoms with van der Waals surface area (Å²) in [4.78, 5) is 43.5. The van der Waals surface area contributed by atoms with Gasteiger partial charge in [-0.25, -0.2) is 10.5 Å². The first-order valence-electron chi connectivity index (χ1n) is 10.3. The molecule has 2 heterocycles. The molecule has 4 rings (SSSR count). The molecule has 9 heteroatoms. The summed E-state index contributed by atoms with van der Waals surface area (Å²) < 4.78 is 0. The largest absolute Gasteiger partial charge is 0.333 e. The fourth-order valence-corrected chi connectivity index (χ4v) is 4.54. The number of nitrogens with one attached hydrogen (secondary N) is 2. The number of fused-ring (bicyclic) bond motifs is 1. The molecule has 3 amide bonds. The van der Waals surface area contributed by atoms with Gasteiger partial charge in [0.25, 0.3) is 5.91 Å². The van der Waals surface area contributed by atoms with E-state index in [1.54, 1.807) is 40.7 Å². The number of hydroxylamine groups is 1. The first kappa shape index (κ1) is 22.4. The number of nitrogens with zero attached hydrogens (tertiary/aromatic N) is 2. The molecule has 3 N–H and O–H groups in total. The highest BCUT2D eigenvalue weighted by Gasteiger charge is 2.26. The third-order valence-corrected chi connectivity index (χ3v) is 6.26. The highest BCUT2D eigenvalue weighted by molar-refractivity contribution is 7.13. The van der Waals surface area contributed by atoms with Gasteiger partial charge >= 0.3 is 5.91 Å². The molecule has 1 aromatic heterocycles. The first-order chi connectivity index (χ1) is 15.9. The van der Waals surface area contributed by atoms with Gasteiger partial charge < -0.3 is 10.2 Å². The van der Waals surface area contributed by atoms with Crippen LogP contribution in [0.25, 0.3) is 6.08 Å². The Balaban J connectivity index is 1.37. The normalized spacial score (nSPS) is 13.0. The Hall–Kier alpha value is -3.82. The topological polar surface area (TPSA) is 112 Å². The van der Waals surface area contributed by atoms with Crippen molar-refractivity contribution in [3.63, 3.8) is 0 Å². The molecule has 0 saturated carbocycles. The number of rotatable bonds is 5. The average Bonchev–Trinajstić information content (AvgIpc) is 3.26. The Morgan fingerprint density at radius 1 is 1.15 bits per heavy atom. The van der Waals surface area contributed by atoms with Crippen molar-refractivity contribution in [2.24, 2.45) is 0 Å². The summed E-state index contributed by atoms with van der Waals surface area (Å²) in [6.45, 7) is 2.83. The lowest BCUT2D eigenvalue weighted by Crippen LogP contribution is -2.35. The number of carbonyl (C=O) groups excluding carboxylic acids is 3. The standard InChI is InChI=1S/C24H22N4O4S/c1-15-3-2-4-16(13-15)5-10-21(29)25-18-8-6-17(7-9-18)24(31)28-12-11-19-20(14-28)33-23(26-19)22(30)27-32/h2-10,13,32H,11-12,14H2,1H3,(H,25,29)(H,27,30)/b10-5+. The van der Waals surface area contributed by atoms with Crippen LogP contribution in [0.3, 0.4) is 0 Å². The van der Waals surface area contributed by atoms with E-state index >= 15 is 0 Å². The number of aryl methyl sites for hydroxylation is 1. The van der Waals surface area contributed by atoms with Gasteiger partial charge in [0.15, 0.2) is 5.01 Å². The van der Waals surface area contributed by atoms with Crippen LogP contribution in [0, 0.1) is 6.92 Å². The van der Waals surface area contributed by atoms with E-state index in [4.69, 9.17) is 5.21 Å². The van der Waals surface area contributed by atoms with Crippen molar-refractivity contribution in [1.82, 2.24) is 15.4 Å². The summed E-state index contributed by atoms with van der Waals surface area (Å²) in [6, 6.07) is 14.6. The molecule has 33 heavy (non-hydrogen) atoms. The number of amides is 3. The van der Waals surface area contributed by atoms with E-state index in [1.165, 1.54) is 17.4 Å². The van der Waals surface area contributed by atoms with Crippen LogP contribution in [0.1, 0.15) is 41.9 Å². The molecule has 168 valence electrons. The molecule has 0 spiro atoms. The van der Waals surface area contributed by atoms with Gasteiger partial charge in [-0.05, 0) is 42.8 Å². The van der Waals surface area contributed by atoms with E-state index in [2.05, 4.69) is 10.3 Å². The summed E-state index contributed by atoms with van der Waals surface area (Å²) >= 11 is 1.17. The first-order valence-corrected chi connectivity index (χ1v) is 11.1. The van der Waals surface area contributed by atoms with Gasteiger partial charge in [0, 0.05) is 35.2 Å². The average molecular weight is 463 g/mol. The maximum atomic E-state index is 12.9. The Kier molecular flexibility index (Phi) is 6.62. The van der Waals surface area contributed by atoms with Crippen LogP contribution in [0.5, 0.6) is 0 Å². The van der Waals surface area contributed by atoms with Gasteiger partial charge in [-0.3, -0.25) is 19.6 Å². The van der Waals surface area contributed by atoms with E-state index in [1.807, 2.05) is 31.2 Å². The van der Waals surface area contributed by atoms with Crippen molar-refractivity contribution >= 4 is 40.8 Å². The highest BCUT2D eigenvalue weighted by Crippen LogP contribution is 2.26. The van der Waals surface area contributed by atoms with Crippen molar-refractivity contribution in [1.29, 1.82) is 0 Å². The lowest BCUT2D eigenvalue weighted by Gasteiger charge is -2.26. The molecule has 0 radical (unpaired) electrons. The van der Waals surface area contributed by atoms with Crippen LogP contribution in [0.4, 0.5) is 5.69 Å². The third-order valence-electron chi connectivity index (χ3n) is 5.18. The van der Waals surface area contributed by atoms with E-state index in [-0.39, 0.29) is 16.8 Å². The quantitative estimate of drug-likeness (QED) is 0.306. The molecule has 2 aromatic carbocycles. The van der Waals surface area contributed by atoms with Crippen molar-refractivity contribution in [2.45, 2.75) is 19.9 Å². The number of hydrogen-bond acceptors (Lipinski definition) is 6. The van der Waals surface area contributed by atoms with Crippen LogP contribution in [0.2, 0.25) is 0 Å². The number of benzene rings is 2. The molecule has 0 aliphatic carbocycles. The summed E-state index contributed by atoms with van der Waals surface area (Å²) in [5.74, 6) is -1.05. The smallest absolute Gasteiger partial charge is 0.303 e. The van der Waals surface area contributed by atoms with Crippen molar-refractivity contribution in [3.05, 3.63) is 86.9 Å². The minimum Gasteiger partial charge on any atom is -0.333 e. The van der Waals surface area contributed by atoms with E-state index in [9.17, 15) is 14.4 Å². The number of anilines is 1. The second kappa shape index (κ2) is 9.76. The molecule has 0 fully saturated rings. The van der Waals surface area contributed by atoms with Crippen LogP contribution in [-0.2, 0) is 17.8 Å². The number of thiazole rings is 1. The van der Waals surface area contributed by atoms with E-state index in [0.29, 0.717) is 30.8 Å². The fourth-order valence-electron chi connectivity index (χ4n) is 3.52. The molecule has 8 nitrogen and oxygen atoms in total. The van der Waals surface area contributed by atoms with E-state index < -0.39 is 5.91 Å². The number of aromatic nitrogens is 1. The Morgan fingerprint density at radius 2 is 1.94 bits per heavy atom. The second-order valence-corrected chi connectivity index (χ2v) is 8.70. The van der Waals surface area contributed by atoms with Gasteiger partial charge in [0.05, 0.1) is 12.2 Å². The summed E-state index contributed by atoms with van der Waals surface area (Å²) in [5, 5.41) is 11.7. The van der Waals surface area contributed by atoms with Gasteiger partial charge in [-0.1, -0.05) is 29.8 Å². The van der Waals surface area contributed by atoms with Crippen molar-refractivity contribution < 1.29 is 19.6 Å². The zero-order valence-corrected chi connectivity index (χ0v) is 18.7. The molecule has 3 aromatic rings. The molecular formula is C24H22N4O4S. The SMILES string of the molecule is Cc1cccc(/C=C/C(=O)Nc2ccc(C(=O)N3CCc4nc(C(=O)NO)sc4C3)cc2)c1. The predicted molar refractivity (Wildman–Crippen MR) is 125 cm³/mol. The summed E-state index contributed by atoms with van der Waals surface area (Å²) in [5.41, 5.74) is 5.52.